The zero-order valence-corrected chi connectivity index (χ0v) is 22.0. The second-order valence-electron chi connectivity index (χ2n) is 8.41. The molecule has 16 heteroatoms. The van der Waals surface area contributed by atoms with Crippen LogP contribution >= 0.6 is 11.8 Å². The van der Waals surface area contributed by atoms with Gasteiger partial charge < -0.3 is 48.1 Å². The van der Waals surface area contributed by atoms with Gasteiger partial charge in [0.05, 0.1) is 25.6 Å². The predicted octanol–water partition coefficient (Wildman–Crippen LogP) is -3.46. The second kappa shape index (κ2) is 16.8. The van der Waals surface area contributed by atoms with Gasteiger partial charge in [-0.3, -0.25) is 24.0 Å². The van der Waals surface area contributed by atoms with Crippen LogP contribution < -0.4 is 32.7 Å². The van der Waals surface area contributed by atoms with Gasteiger partial charge in [-0.05, 0) is 36.1 Å². The summed E-state index contributed by atoms with van der Waals surface area (Å²) in [6.07, 6.45) is 1.39. The molecule has 5 amide bonds. The Hall–Kier alpha value is -3.89. The molecular weight excluding hydrogens is 536 g/mol. The number of carbonyl (C=O) groups is 6. The first-order chi connectivity index (χ1) is 18.4. The van der Waals surface area contributed by atoms with Gasteiger partial charge in [0.15, 0.2) is 0 Å². The van der Waals surface area contributed by atoms with Gasteiger partial charge in [-0.2, -0.15) is 11.8 Å². The molecule has 0 radical (unpaired) electrons. The zero-order chi connectivity index (χ0) is 29.5. The lowest BCUT2D eigenvalue weighted by molar-refractivity contribution is -0.143. The van der Waals surface area contributed by atoms with Gasteiger partial charge in [0.2, 0.25) is 29.5 Å². The number of phenolic OH excluding ortho intramolecular Hbond substituents is 1. The van der Waals surface area contributed by atoms with Crippen LogP contribution in [0.1, 0.15) is 18.4 Å². The molecule has 1 aromatic carbocycles. The number of aliphatic hydroxyl groups is 1. The zero-order valence-electron chi connectivity index (χ0n) is 21.2. The van der Waals surface area contributed by atoms with Crippen molar-refractivity contribution in [2.45, 2.75) is 43.4 Å². The number of nitrogens with two attached hydrogens (primary N) is 2. The van der Waals surface area contributed by atoms with Crippen molar-refractivity contribution < 1.29 is 44.1 Å². The fourth-order valence-electron chi connectivity index (χ4n) is 3.16. The normalized spacial score (nSPS) is 13.7. The van der Waals surface area contributed by atoms with Crippen LogP contribution in [-0.4, -0.2) is 100 Å². The maximum absolute atomic E-state index is 12.9. The van der Waals surface area contributed by atoms with Crippen molar-refractivity contribution in [3.63, 3.8) is 0 Å². The second-order valence-corrected chi connectivity index (χ2v) is 9.40. The summed E-state index contributed by atoms with van der Waals surface area (Å²) in [6, 6.07) is 0.543. The lowest BCUT2D eigenvalue weighted by Gasteiger charge is -2.22. The minimum absolute atomic E-state index is 0.0160. The van der Waals surface area contributed by atoms with Crippen LogP contribution in [0.2, 0.25) is 0 Å². The van der Waals surface area contributed by atoms with E-state index in [9.17, 15) is 33.9 Å². The molecule has 0 saturated heterocycles. The molecule has 0 aliphatic heterocycles. The number of amides is 5. The van der Waals surface area contributed by atoms with Gasteiger partial charge in [-0.15, -0.1) is 0 Å². The Morgan fingerprint density at radius 3 is 2.08 bits per heavy atom. The van der Waals surface area contributed by atoms with Gasteiger partial charge >= 0.3 is 5.97 Å². The molecule has 0 aliphatic rings. The van der Waals surface area contributed by atoms with Crippen molar-refractivity contribution in [2.24, 2.45) is 11.5 Å². The largest absolute Gasteiger partial charge is 0.508 e. The Balaban J connectivity index is 2.90. The van der Waals surface area contributed by atoms with E-state index in [4.69, 9.17) is 21.7 Å². The molecule has 1 aromatic rings. The summed E-state index contributed by atoms with van der Waals surface area (Å²) in [5.41, 5.74) is 11.3. The highest BCUT2D eigenvalue weighted by molar-refractivity contribution is 7.98. The number of carboxylic acids is 1. The van der Waals surface area contributed by atoms with E-state index in [1.807, 2.05) is 0 Å². The van der Waals surface area contributed by atoms with Crippen molar-refractivity contribution >= 4 is 47.3 Å². The number of nitrogens with one attached hydrogen (secondary N) is 4. The molecule has 4 atom stereocenters. The van der Waals surface area contributed by atoms with Crippen LogP contribution in [0.25, 0.3) is 0 Å². The lowest BCUT2D eigenvalue weighted by atomic mass is 10.0. The molecule has 0 unspecified atom stereocenters. The third kappa shape index (κ3) is 12.5. The topological polar surface area (TPSA) is 263 Å². The van der Waals surface area contributed by atoms with Crippen molar-refractivity contribution in [1.29, 1.82) is 0 Å². The fraction of sp³-hybridized carbons (Fsp3) is 0.478. The van der Waals surface area contributed by atoms with E-state index < -0.39 is 79.2 Å². The molecular formula is C23H34N6O9S. The van der Waals surface area contributed by atoms with Crippen molar-refractivity contribution in [1.82, 2.24) is 21.3 Å². The van der Waals surface area contributed by atoms with E-state index in [-0.39, 0.29) is 18.6 Å². The summed E-state index contributed by atoms with van der Waals surface area (Å²) >= 11 is 1.38. The van der Waals surface area contributed by atoms with E-state index in [1.54, 1.807) is 6.26 Å². The van der Waals surface area contributed by atoms with Gasteiger partial charge in [0.25, 0.3) is 0 Å². The molecule has 0 spiro atoms. The van der Waals surface area contributed by atoms with Crippen LogP contribution in [0.5, 0.6) is 5.75 Å². The number of phenols is 1. The summed E-state index contributed by atoms with van der Waals surface area (Å²) in [5, 5.41) is 36.9. The fourth-order valence-corrected chi connectivity index (χ4v) is 3.63. The molecule has 1 rings (SSSR count). The lowest BCUT2D eigenvalue weighted by Crippen LogP contribution is -2.56. The number of thioether (sulfide) groups is 1. The highest BCUT2D eigenvalue weighted by Crippen LogP contribution is 2.12. The molecule has 39 heavy (non-hydrogen) atoms. The number of aromatic hydroxyl groups is 1. The monoisotopic (exact) mass is 570 g/mol. The minimum atomic E-state index is -1.56. The van der Waals surface area contributed by atoms with Gasteiger partial charge in [0, 0.05) is 6.42 Å². The smallest absolute Gasteiger partial charge is 0.328 e. The molecule has 0 heterocycles. The van der Waals surface area contributed by atoms with Crippen LogP contribution in [0.3, 0.4) is 0 Å². The molecule has 216 valence electrons. The first kappa shape index (κ1) is 33.1. The molecule has 0 bridgehead atoms. The van der Waals surface area contributed by atoms with Crippen molar-refractivity contribution in [2.75, 3.05) is 25.2 Å². The van der Waals surface area contributed by atoms with Crippen LogP contribution in [0.15, 0.2) is 24.3 Å². The molecule has 11 N–H and O–H groups in total. The predicted molar refractivity (Wildman–Crippen MR) is 140 cm³/mol. The molecule has 15 nitrogen and oxygen atoms in total. The first-order valence-corrected chi connectivity index (χ1v) is 13.1. The van der Waals surface area contributed by atoms with Crippen molar-refractivity contribution in [3.8, 4) is 5.75 Å². The number of benzene rings is 1. The molecule has 0 saturated carbocycles. The minimum Gasteiger partial charge on any atom is -0.508 e. The number of primary amides is 1. The highest BCUT2D eigenvalue weighted by Gasteiger charge is 2.28. The number of hydrogen-bond donors (Lipinski definition) is 9. The molecule has 0 aromatic heterocycles. The molecule has 0 aliphatic carbocycles. The van der Waals surface area contributed by atoms with E-state index in [0.29, 0.717) is 11.3 Å². The van der Waals surface area contributed by atoms with Gasteiger partial charge in [-0.1, -0.05) is 12.1 Å². The summed E-state index contributed by atoms with van der Waals surface area (Å²) in [4.78, 5) is 72.5. The molecule has 0 fully saturated rings. The Labute approximate surface area is 228 Å². The van der Waals surface area contributed by atoms with Crippen LogP contribution in [0.4, 0.5) is 0 Å². The Morgan fingerprint density at radius 1 is 0.923 bits per heavy atom. The SMILES string of the molecule is CSCC[C@H](NC(=O)CNC(=O)[C@H](Cc1ccc(O)cc1)NC(=O)[C@@H](N)CC(N)=O)C(=O)N[C@@H](CO)C(=O)O. The van der Waals surface area contributed by atoms with Gasteiger partial charge in [-0.25, -0.2) is 4.79 Å². The third-order valence-electron chi connectivity index (χ3n) is 5.25. The Bertz CT molecular complexity index is 1020. The van der Waals surface area contributed by atoms with Crippen molar-refractivity contribution in [3.05, 3.63) is 29.8 Å². The maximum atomic E-state index is 12.9. The average molecular weight is 571 g/mol. The third-order valence-corrected chi connectivity index (χ3v) is 5.89. The van der Waals surface area contributed by atoms with E-state index in [0.717, 1.165) is 0 Å². The number of carboxylic acid groups (broad SMARTS) is 1. The van der Waals surface area contributed by atoms with Gasteiger partial charge in [0.1, 0.15) is 23.9 Å². The number of aliphatic carboxylic acids is 1. The summed E-state index contributed by atoms with van der Waals surface area (Å²) < 4.78 is 0. The summed E-state index contributed by atoms with van der Waals surface area (Å²) in [5.74, 6) is -5.07. The summed E-state index contributed by atoms with van der Waals surface area (Å²) in [6.45, 7) is -1.45. The van der Waals surface area contributed by atoms with E-state index in [1.165, 1.54) is 36.0 Å². The Morgan fingerprint density at radius 2 is 1.54 bits per heavy atom. The van der Waals surface area contributed by atoms with E-state index in [2.05, 4.69) is 21.3 Å². The van der Waals surface area contributed by atoms with Crippen LogP contribution in [0, 0.1) is 0 Å². The average Bonchev–Trinajstić information content (AvgIpc) is 2.88. The number of hydrogen-bond acceptors (Lipinski definition) is 10. The summed E-state index contributed by atoms with van der Waals surface area (Å²) in [7, 11) is 0. The standard InChI is InChI=1S/C23H34N6O9S/c1-39-7-6-15(22(36)29-17(11-30)23(37)38)27-19(33)10-26-21(35)16(8-12-2-4-13(31)5-3-12)28-20(34)14(24)9-18(25)32/h2-5,14-17,30-31H,6-11,24H2,1H3,(H2,25,32)(H,26,35)(H,27,33)(H,28,34)(H,29,36)(H,37,38)/t14-,15-,16-,17-/m0/s1. The maximum Gasteiger partial charge on any atom is 0.328 e. The Kier molecular flexibility index (Phi) is 14.3. The number of rotatable bonds is 17. The van der Waals surface area contributed by atoms with E-state index >= 15 is 0 Å². The first-order valence-electron chi connectivity index (χ1n) is 11.7. The highest BCUT2D eigenvalue weighted by atomic mass is 32.2. The number of aliphatic hydroxyl groups excluding tert-OH is 1. The van der Waals surface area contributed by atoms with Crippen LogP contribution in [-0.2, 0) is 35.2 Å². The number of carbonyl (C=O) groups excluding carboxylic acids is 5. The quantitative estimate of drug-likeness (QED) is 0.0888.